The van der Waals surface area contributed by atoms with Crippen molar-refractivity contribution in [2.75, 3.05) is 19.6 Å². The minimum atomic E-state index is -0.595. The van der Waals surface area contributed by atoms with Crippen molar-refractivity contribution in [3.8, 4) is 0 Å². The SMILES string of the molecule is CC[C@H]1CCCCN1CCCNC(=O)[C@H](CC)n1nc(C)c2sc3ccccc3c2c1=O. The molecule has 1 amide bonds. The van der Waals surface area contributed by atoms with Crippen LogP contribution in [0.15, 0.2) is 29.1 Å². The van der Waals surface area contributed by atoms with Crippen molar-refractivity contribution >= 4 is 37.4 Å². The molecule has 1 N–H and O–H groups in total. The average molecular weight is 455 g/mol. The van der Waals surface area contributed by atoms with Gasteiger partial charge in [0, 0.05) is 29.2 Å². The number of amides is 1. The molecule has 7 heteroatoms. The summed E-state index contributed by atoms with van der Waals surface area (Å²) in [4.78, 5) is 29.0. The first-order valence-electron chi connectivity index (χ1n) is 12.0. The van der Waals surface area contributed by atoms with Gasteiger partial charge in [-0.15, -0.1) is 11.3 Å². The fourth-order valence-corrected chi connectivity index (χ4v) is 6.12. The van der Waals surface area contributed by atoms with Crippen LogP contribution in [-0.4, -0.2) is 46.3 Å². The molecule has 0 radical (unpaired) electrons. The fraction of sp³-hybridized carbons (Fsp3) is 0.560. The van der Waals surface area contributed by atoms with Gasteiger partial charge in [-0.05, 0) is 51.6 Å². The standard InChI is InChI=1S/C25H34N4O2S/c1-4-18-11-8-9-15-28(18)16-10-14-26-24(30)20(5-2)29-25(31)22-19-12-6-7-13-21(19)32-23(22)17(3)27-29/h6-7,12-13,18,20H,4-5,8-11,14-16H2,1-3H3,(H,26,30)/t18-,20-/m0/s1. The van der Waals surface area contributed by atoms with E-state index in [9.17, 15) is 9.59 Å². The monoisotopic (exact) mass is 454 g/mol. The number of fused-ring (bicyclic) bond motifs is 3. The van der Waals surface area contributed by atoms with Crippen molar-refractivity contribution in [2.24, 2.45) is 0 Å². The van der Waals surface area contributed by atoms with Crippen LogP contribution >= 0.6 is 11.3 Å². The topological polar surface area (TPSA) is 67.2 Å². The smallest absolute Gasteiger partial charge is 0.276 e. The number of carbonyl (C=O) groups is 1. The first kappa shape index (κ1) is 22.9. The van der Waals surface area contributed by atoms with E-state index in [0.29, 0.717) is 24.4 Å². The number of carbonyl (C=O) groups excluding carboxylic acids is 1. The number of nitrogens with one attached hydrogen (secondary N) is 1. The van der Waals surface area contributed by atoms with Crippen LogP contribution in [0.25, 0.3) is 20.2 Å². The molecule has 0 unspecified atom stereocenters. The Hall–Kier alpha value is -2.25. The summed E-state index contributed by atoms with van der Waals surface area (Å²) >= 11 is 1.59. The number of rotatable bonds is 8. The summed E-state index contributed by atoms with van der Waals surface area (Å²) in [6, 6.07) is 8.02. The normalized spacial score (nSPS) is 18.3. The van der Waals surface area contributed by atoms with E-state index >= 15 is 0 Å². The minimum Gasteiger partial charge on any atom is -0.354 e. The van der Waals surface area contributed by atoms with Crippen LogP contribution in [0, 0.1) is 6.92 Å². The lowest BCUT2D eigenvalue weighted by atomic mass is 10.00. The summed E-state index contributed by atoms with van der Waals surface area (Å²) < 4.78 is 3.39. The molecule has 1 fully saturated rings. The molecule has 32 heavy (non-hydrogen) atoms. The Bertz CT molecular complexity index is 1150. The highest BCUT2D eigenvalue weighted by molar-refractivity contribution is 7.26. The summed E-state index contributed by atoms with van der Waals surface area (Å²) in [5, 5.41) is 9.25. The van der Waals surface area contributed by atoms with Gasteiger partial charge in [0.2, 0.25) is 5.91 Å². The van der Waals surface area contributed by atoms with Gasteiger partial charge in [-0.3, -0.25) is 9.59 Å². The average Bonchev–Trinajstić information content (AvgIpc) is 3.21. The highest BCUT2D eigenvalue weighted by atomic mass is 32.1. The van der Waals surface area contributed by atoms with Crippen LogP contribution in [0.1, 0.15) is 64.1 Å². The molecule has 2 aromatic heterocycles. The Balaban J connectivity index is 1.48. The predicted octanol–water partition coefficient (Wildman–Crippen LogP) is 4.64. The molecule has 3 aromatic rings. The van der Waals surface area contributed by atoms with E-state index in [2.05, 4.69) is 22.2 Å². The van der Waals surface area contributed by atoms with Crippen molar-refractivity contribution in [1.82, 2.24) is 20.0 Å². The van der Waals surface area contributed by atoms with E-state index in [1.165, 1.54) is 30.4 Å². The Morgan fingerprint density at radius 3 is 2.88 bits per heavy atom. The molecule has 1 aliphatic heterocycles. The summed E-state index contributed by atoms with van der Waals surface area (Å²) in [5.74, 6) is -0.119. The minimum absolute atomic E-state index is 0.119. The van der Waals surface area contributed by atoms with E-state index < -0.39 is 6.04 Å². The predicted molar refractivity (Wildman–Crippen MR) is 133 cm³/mol. The van der Waals surface area contributed by atoms with Crippen LogP contribution in [0.2, 0.25) is 0 Å². The number of nitrogens with zero attached hydrogens (tertiary/aromatic N) is 3. The van der Waals surface area contributed by atoms with Crippen LogP contribution < -0.4 is 10.9 Å². The van der Waals surface area contributed by atoms with Gasteiger partial charge in [-0.25, -0.2) is 4.68 Å². The first-order chi connectivity index (χ1) is 15.5. The van der Waals surface area contributed by atoms with Crippen molar-refractivity contribution < 1.29 is 4.79 Å². The fourth-order valence-electron chi connectivity index (χ4n) is 4.99. The molecule has 1 aromatic carbocycles. The quantitative estimate of drug-likeness (QED) is 0.504. The van der Waals surface area contributed by atoms with Gasteiger partial charge in [-0.1, -0.05) is 38.5 Å². The van der Waals surface area contributed by atoms with Crippen LogP contribution in [0.4, 0.5) is 0 Å². The maximum Gasteiger partial charge on any atom is 0.276 e. The third-order valence-electron chi connectivity index (χ3n) is 6.73. The number of aryl methyl sites for hydroxylation is 1. The number of likely N-dealkylation sites (tertiary alicyclic amines) is 1. The van der Waals surface area contributed by atoms with Gasteiger partial charge >= 0.3 is 0 Å². The zero-order chi connectivity index (χ0) is 22.7. The van der Waals surface area contributed by atoms with Gasteiger partial charge in [0.25, 0.3) is 5.56 Å². The van der Waals surface area contributed by atoms with E-state index in [-0.39, 0.29) is 11.5 Å². The number of hydrogen-bond donors (Lipinski definition) is 1. The third-order valence-corrected chi connectivity index (χ3v) is 8.01. The molecule has 1 aliphatic rings. The maximum atomic E-state index is 13.4. The van der Waals surface area contributed by atoms with E-state index in [1.807, 2.05) is 38.1 Å². The number of benzene rings is 1. The second-order valence-corrected chi connectivity index (χ2v) is 9.85. The maximum absolute atomic E-state index is 13.4. The lowest BCUT2D eigenvalue weighted by molar-refractivity contribution is -0.124. The van der Waals surface area contributed by atoms with E-state index in [0.717, 1.165) is 40.0 Å². The van der Waals surface area contributed by atoms with Gasteiger partial charge < -0.3 is 10.2 Å². The number of piperidine rings is 1. The van der Waals surface area contributed by atoms with Gasteiger partial charge in [0.05, 0.1) is 15.8 Å². The zero-order valence-electron chi connectivity index (χ0n) is 19.4. The molecule has 2 atom stereocenters. The van der Waals surface area contributed by atoms with Crippen LogP contribution in [-0.2, 0) is 4.79 Å². The third kappa shape index (κ3) is 4.46. The summed E-state index contributed by atoms with van der Waals surface area (Å²) in [5.41, 5.74) is 0.618. The van der Waals surface area contributed by atoms with Crippen molar-refractivity contribution in [2.45, 2.75) is 71.4 Å². The van der Waals surface area contributed by atoms with Crippen molar-refractivity contribution in [3.63, 3.8) is 0 Å². The van der Waals surface area contributed by atoms with Gasteiger partial charge in [0.15, 0.2) is 0 Å². The molecule has 1 saturated heterocycles. The Labute approximate surface area is 193 Å². The highest BCUT2D eigenvalue weighted by Crippen LogP contribution is 2.33. The largest absolute Gasteiger partial charge is 0.354 e. The van der Waals surface area contributed by atoms with Crippen molar-refractivity contribution in [3.05, 3.63) is 40.3 Å². The molecule has 0 spiro atoms. The number of aromatic nitrogens is 2. The number of thiophene rings is 1. The summed E-state index contributed by atoms with van der Waals surface area (Å²) in [7, 11) is 0. The lowest BCUT2D eigenvalue weighted by Crippen LogP contribution is -2.42. The second kappa shape index (κ2) is 10.1. The molecule has 0 saturated carbocycles. The molecule has 4 rings (SSSR count). The van der Waals surface area contributed by atoms with E-state index in [4.69, 9.17) is 0 Å². The van der Waals surface area contributed by atoms with Crippen LogP contribution in [0.5, 0.6) is 0 Å². The van der Waals surface area contributed by atoms with Gasteiger partial charge in [-0.2, -0.15) is 5.10 Å². The highest BCUT2D eigenvalue weighted by Gasteiger charge is 2.24. The Morgan fingerprint density at radius 2 is 2.09 bits per heavy atom. The first-order valence-corrected chi connectivity index (χ1v) is 12.8. The molecule has 0 aliphatic carbocycles. The van der Waals surface area contributed by atoms with E-state index in [1.54, 1.807) is 11.3 Å². The molecular formula is C25H34N4O2S. The molecular weight excluding hydrogens is 420 g/mol. The second-order valence-electron chi connectivity index (χ2n) is 8.80. The molecule has 0 bridgehead atoms. The zero-order valence-corrected chi connectivity index (χ0v) is 20.2. The Morgan fingerprint density at radius 1 is 1.28 bits per heavy atom. The molecule has 6 nitrogen and oxygen atoms in total. The molecule has 172 valence electrons. The summed E-state index contributed by atoms with van der Waals surface area (Å²) in [6.45, 7) is 8.91. The number of hydrogen-bond acceptors (Lipinski definition) is 5. The molecule has 3 heterocycles. The van der Waals surface area contributed by atoms with Gasteiger partial charge in [0.1, 0.15) is 6.04 Å². The van der Waals surface area contributed by atoms with Crippen molar-refractivity contribution in [1.29, 1.82) is 0 Å². The van der Waals surface area contributed by atoms with Crippen LogP contribution in [0.3, 0.4) is 0 Å². The Kier molecular flexibility index (Phi) is 7.26. The summed E-state index contributed by atoms with van der Waals surface area (Å²) in [6.07, 6.45) is 6.53. The lowest BCUT2D eigenvalue weighted by Gasteiger charge is -2.35.